The Kier molecular flexibility index (Phi) is 4.84. The molecule has 0 unspecified atom stereocenters. The molecule has 1 aliphatic heterocycles. The molecule has 1 heterocycles. The van der Waals surface area contributed by atoms with Gasteiger partial charge >= 0.3 is 0 Å². The van der Waals surface area contributed by atoms with Crippen LogP contribution in [0, 0.1) is 0 Å². The average molecular weight is 220 g/mol. The monoisotopic (exact) mass is 220 g/mol. The minimum atomic E-state index is -2.96. The van der Waals surface area contributed by atoms with Crippen molar-refractivity contribution in [2.24, 2.45) is 0 Å². The zero-order chi connectivity index (χ0) is 10.4. The Morgan fingerprint density at radius 1 is 1.21 bits per heavy atom. The predicted octanol–water partition coefficient (Wildman–Crippen LogP) is 0.412. The van der Waals surface area contributed by atoms with Gasteiger partial charge in [-0.2, -0.15) is 4.31 Å². The summed E-state index contributed by atoms with van der Waals surface area (Å²) in [7, 11) is -2.96. The van der Waals surface area contributed by atoms with E-state index in [4.69, 9.17) is 0 Å². The number of piperazine rings is 1. The lowest BCUT2D eigenvalue weighted by atomic mass is 10.3. The highest BCUT2D eigenvalue weighted by atomic mass is 32.2. The summed E-state index contributed by atoms with van der Waals surface area (Å²) < 4.78 is 25.1. The van der Waals surface area contributed by atoms with E-state index in [1.54, 1.807) is 4.31 Å². The Labute approximate surface area is 86.7 Å². The molecule has 0 spiro atoms. The topological polar surface area (TPSA) is 49.4 Å². The van der Waals surface area contributed by atoms with Gasteiger partial charge < -0.3 is 5.32 Å². The molecule has 4 nitrogen and oxygen atoms in total. The molecule has 0 aromatic rings. The lowest BCUT2D eigenvalue weighted by Gasteiger charge is -2.26. The second-order valence-electron chi connectivity index (χ2n) is 3.67. The minimum Gasteiger partial charge on any atom is -0.314 e. The van der Waals surface area contributed by atoms with Crippen LogP contribution in [0.3, 0.4) is 0 Å². The Morgan fingerprint density at radius 2 is 1.86 bits per heavy atom. The highest BCUT2D eigenvalue weighted by molar-refractivity contribution is 7.89. The van der Waals surface area contributed by atoms with Crippen molar-refractivity contribution < 1.29 is 8.42 Å². The first-order chi connectivity index (χ1) is 6.67. The van der Waals surface area contributed by atoms with E-state index >= 15 is 0 Å². The fourth-order valence-electron chi connectivity index (χ4n) is 1.59. The number of unbranched alkanes of at least 4 members (excludes halogenated alkanes) is 2. The number of sulfonamides is 1. The fourth-order valence-corrected chi connectivity index (χ4v) is 3.15. The molecule has 0 amide bonds. The standard InChI is InChI=1S/C9H20N2O2S/c1-2-3-4-9-14(12,13)11-7-5-10-6-8-11/h10H,2-9H2,1H3. The van der Waals surface area contributed by atoms with Crippen LogP contribution in [0.4, 0.5) is 0 Å². The van der Waals surface area contributed by atoms with E-state index in [2.05, 4.69) is 12.2 Å². The molecule has 84 valence electrons. The summed E-state index contributed by atoms with van der Waals surface area (Å²) >= 11 is 0. The first-order valence-corrected chi connectivity index (χ1v) is 6.96. The molecular formula is C9H20N2O2S. The van der Waals surface area contributed by atoms with Crippen LogP contribution in [0.1, 0.15) is 26.2 Å². The number of hydrogen-bond acceptors (Lipinski definition) is 3. The molecule has 1 rings (SSSR count). The van der Waals surface area contributed by atoms with Gasteiger partial charge in [-0.15, -0.1) is 0 Å². The van der Waals surface area contributed by atoms with Crippen molar-refractivity contribution in [3.8, 4) is 0 Å². The summed E-state index contributed by atoms with van der Waals surface area (Å²) in [5.41, 5.74) is 0. The summed E-state index contributed by atoms with van der Waals surface area (Å²) in [6, 6.07) is 0. The van der Waals surface area contributed by atoms with Crippen LogP contribution in [0.25, 0.3) is 0 Å². The molecule has 0 radical (unpaired) electrons. The molecule has 0 aromatic heterocycles. The third-order valence-electron chi connectivity index (χ3n) is 2.48. The molecule has 1 aliphatic rings. The summed E-state index contributed by atoms with van der Waals surface area (Å²) in [5.74, 6) is 0.320. The highest BCUT2D eigenvalue weighted by Crippen LogP contribution is 2.06. The van der Waals surface area contributed by atoms with E-state index in [-0.39, 0.29) is 0 Å². The lowest BCUT2D eigenvalue weighted by Crippen LogP contribution is -2.47. The normalized spacial score (nSPS) is 19.8. The van der Waals surface area contributed by atoms with E-state index in [0.29, 0.717) is 18.8 Å². The van der Waals surface area contributed by atoms with Crippen LogP contribution in [0.2, 0.25) is 0 Å². The van der Waals surface area contributed by atoms with E-state index in [1.165, 1.54) is 0 Å². The number of hydrogen-bond donors (Lipinski definition) is 1. The van der Waals surface area contributed by atoms with E-state index in [0.717, 1.165) is 32.4 Å². The Hall–Kier alpha value is -0.130. The van der Waals surface area contributed by atoms with Gasteiger partial charge in [-0.25, -0.2) is 8.42 Å². The smallest absolute Gasteiger partial charge is 0.214 e. The lowest BCUT2D eigenvalue weighted by molar-refractivity contribution is 0.359. The SMILES string of the molecule is CCCCCS(=O)(=O)N1CCNCC1. The number of nitrogens with one attached hydrogen (secondary N) is 1. The number of rotatable bonds is 5. The van der Waals surface area contributed by atoms with Crippen LogP contribution >= 0.6 is 0 Å². The fraction of sp³-hybridized carbons (Fsp3) is 1.00. The molecule has 14 heavy (non-hydrogen) atoms. The Balaban J connectivity index is 2.38. The van der Waals surface area contributed by atoms with Gasteiger partial charge in [-0.05, 0) is 6.42 Å². The van der Waals surface area contributed by atoms with Gasteiger partial charge in [-0.3, -0.25) is 0 Å². The molecule has 0 saturated carbocycles. The Bertz CT molecular complexity index is 246. The van der Waals surface area contributed by atoms with Crippen LogP contribution in [-0.2, 0) is 10.0 Å². The second-order valence-corrected chi connectivity index (χ2v) is 5.76. The zero-order valence-electron chi connectivity index (χ0n) is 8.83. The molecular weight excluding hydrogens is 200 g/mol. The van der Waals surface area contributed by atoms with Gasteiger partial charge in [0.15, 0.2) is 0 Å². The quantitative estimate of drug-likeness (QED) is 0.683. The molecule has 0 aromatic carbocycles. The number of nitrogens with zero attached hydrogens (tertiary/aromatic N) is 1. The van der Waals surface area contributed by atoms with Crippen LogP contribution < -0.4 is 5.32 Å². The van der Waals surface area contributed by atoms with Gasteiger partial charge in [-0.1, -0.05) is 19.8 Å². The predicted molar refractivity (Wildman–Crippen MR) is 57.8 cm³/mol. The van der Waals surface area contributed by atoms with Crippen LogP contribution in [0.15, 0.2) is 0 Å². The zero-order valence-corrected chi connectivity index (χ0v) is 9.65. The second kappa shape index (κ2) is 5.68. The average Bonchev–Trinajstić information content (AvgIpc) is 2.19. The largest absolute Gasteiger partial charge is 0.314 e. The van der Waals surface area contributed by atoms with Gasteiger partial charge in [0.25, 0.3) is 0 Å². The van der Waals surface area contributed by atoms with E-state index < -0.39 is 10.0 Å². The van der Waals surface area contributed by atoms with Crippen molar-refractivity contribution in [2.75, 3.05) is 31.9 Å². The molecule has 0 bridgehead atoms. The maximum atomic E-state index is 11.8. The van der Waals surface area contributed by atoms with E-state index in [1.807, 2.05) is 0 Å². The van der Waals surface area contributed by atoms with Crippen molar-refractivity contribution >= 4 is 10.0 Å². The molecule has 1 fully saturated rings. The van der Waals surface area contributed by atoms with Crippen molar-refractivity contribution in [2.45, 2.75) is 26.2 Å². The maximum Gasteiger partial charge on any atom is 0.214 e. The Morgan fingerprint density at radius 3 is 2.43 bits per heavy atom. The van der Waals surface area contributed by atoms with Gasteiger partial charge in [0, 0.05) is 26.2 Å². The maximum absolute atomic E-state index is 11.8. The van der Waals surface area contributed by atoms with Gasteiger partial charge in [0.1, 0.15) is 0 Å². The summed E-state index contributed by atoms with van der Waals surface area (Å²) in [5, 5.41) is 3.15. The molecule has 1 N–H and O–H groups in total. The first-order valence-electron chi connectivity index (χ1n) is 5.35. The first kappa shape index (κ1) is 11.9. The minimum absolute atomic E-state index is 0.320. The summed E-state index contributed by atoms with van der Waals surface area (Å²) in [6.45, 7) is 4.92. The van der Waals surface area contributed by atoms with Crippen molar-refractivity contribution in [3.05, 3.63) is 0 Å². The van der Waals surface area contributed by atoms with Gasteiger partial charge in [0.05, 0.1) is 5.75 Å². The van der Waals surface area contributed by atoms with Crippen molar-refractivity contribution in [1.82, 2.24) is 9.62 Å². The molecule has 0 atom stereocenters. The van der Waals surface area contributed by atoms with Crippen molar-refractivity contribution in [1.29, 1.82) is 0 Å². The summed E-state index contributed by atoms with van der Waals surface area (Å²) in [4.78, 5) is 0. The molecule has 5 heteroatoms. The highest BCUT2D eigenvalue weighted by Gasteiger charge is 2.22. The molecule has 0 aliphatic carbocycles. The summed E-state index contributed by atoms with van der Waals surface area (Å²) in [6.07, 6.45) is 2.87. The van der Waals surface area contributed by atoms with E-state index in [9.17, 15) is 8.42 Å². The van der Waals surface area contributed by atoms with Crippen LogP contribution in [-0.4, -0.2) is 44.7 Å². The third kappa shape index (κ3) is 3.55. The molecule has 1 saturated heterocycles. The van der Waals surface area contributed by atoms with Gasteiger partial charge in [0.2, 0.25) is 10.0 Å². The van der Waals surface area contributed by atoms with Crippen LogP contribution in [0.5, 0.6) is 0 Å². The third-order valence-corrected chi connectivity index (χ3v) is 4.43. The van der Waals surface area contributed by atoms with Crippen molar-refractivity contribution in [3.63, 3.8) is 0 Å².